The number of carbonyl (C=O) groups is 1. The van der Waals surface area contributed by atoms with Crippen LogP contribution < -0.4 is 18.9 Å². The van der Waals surface area contributed by atoms with Gasteiger partial charge in [0.2, 0.25) is 5.78 Å². The first-order valence-corrected chi connectivity index (χ1v) is 10.2. The summed E-state index contributed by atoms with van der Waals surface area (Å²) >= 11 is 0. The lowest BCUT2D eigenvalue weighted by Crippen LogP contribution is -2.31. The number of ketones is 1. The number of rotatable bonds is 5. The van der Waals surface area contributed by atoms with Crippen LogP contribution >= 0.6 is 0 Å². The van der Waals surface area contributed by atoms with E-state index in [1.807, 2.05) is 36.5 Å². The molecule has 2 aliphatic heterocycles. The summed E-state index contributed by atoms with van der Waals surface area (Å²) in [5, 5.41) is 0. The van der Waals surface area contributed by atoms with Crippen LogP contribution in [0, 0.1) is 0 Å². The number of Topliss-reactive ketones (excluding diaryl/α,β-unsaturated/α-hetero) is 1. The van der Waals surface area contributed by atoms with Crippen LogP contribution in [0.3, 0.4) is 0 Å². The molecule has 0 N–H and O–H groups in total. The molecule has 0 radical (unpaired) electrons. The Balaban J connectivity index is 1.45. The molecule has 2 aliphatic rings. The Labute approximate surface area is 185 Å². The second-order valence-electron chi connectivity index (χ2n) is 7.56. The third kappa shape index (κ3) is 3.56. The number of para-hydroxylation sites is 1. The average molecular weight is 430 g/mol. The van der Waals surface area contributed by atoms with E-state index in [-0.39, 0.29) is 11.5 Å². The Morgan fingerprint density at radius 1 is 1.12 bits per heavy atom. The molecule has 0 saturated heterocycles. The van der Waals surface area contributed by atoms with Crippen molar-refractivity contribution in [2.75, 3.05) is 21.0 Å². The van der Waals surface area contributed by atoms with Crippen molar-refractivity contribution in [1.29, 1.82) is 0 Å². The molecule has 0 amide bonds. The van der Waals surface area contributed by atoms with Gasteiger partial charge in [0.15, 0.2) is 17.3 Å². The molecule has 0 fully saturated rings. The van der Waals surface area contributed by atoms with E-state index >= 15 is 0 Å². The predicted octanol–water partition coefficient (Wildman–Crippen LogP) is 4.07. The number of aromatic nitrogens is 1. The van der Waals surface area contributed by atoms with Gasteiger partial charge in [-0.05, 0) is 35.9 Å². The van der Waals surface area contributed by atoms with Crippen LogP contribution in [0.2, 0.25) is 0 Å². The Morgan fingerprint density at radius 2 is 2.03 bits per heavy atom. The molecule has 32 heavy (non-hydrogen) atoms. The van der Waals surface area contributed by atoms with Gasteiger partial charge < -0.3 is 18.9 Å². The van der Waals surface area contributed by atoms with Crippen LogP contribution in [-0.2, 0) is 13.1 Å². The Bertz CT molecular complexity index is 1210. The topological polar surface area (TPSA) is 70.1 Å². The summed E-state index contributed by atoms with van der Waals surface area (Å²) in [6, 6.07) is 13.0. The van der Waals surface area contributed by atoms with E-state index in [1.54, 1.807) is 38.6 Å². The lowest BCUT2D eigenvalue weighted by atomic mass is 10.0. The summed E-state index contributed by atoms with van der Waals surface area (Å²) in [7, 11) is 3.14. The zero-order valence-corrected chi connectivity index (χ0v) is 17.8. The molecule has 3 aromatic rings. The number of benzene rings is 2. The van der Waals surface area contributed by atoms with Crippen molar-refractivity contribution in [3.05, 3.63) is 82.9 Å². The molecule has 0 saturated carbocycles. The first kappa shape index (κ1) is 20.1. The molecule has 162 valence electrons. The minimum atomic E-state index is -0.169. The fourth-order valence-corrected chi connectivity index (χ4v) is 4.02. The van der Waals surface area contributed by atoms with Gasteiger partial charge in [-0.3, -0.25) is 14.7 Å². The second-order valence-corrected chi connectivity index (χ2v) is 7.56. The first-order chi connectivity index (χ1) is 15.7. The highest BCUT2D eigenvalue weighted by Crippen LogP contribution is 2.43. The smallest absolute Gasteiger partial charge is 0.231 e. The van der Waals surface area contributed by atoms with Gasteiger partial charge in [0.25, 0.3) is 0 Å². The number of fused-ring (bicyclic) bond motifs is 3. The number of allylic oxidation sites excluding steroid dienone is 1. The maximum Gasteiger partial charge on any atom is 0.231 e. The van der Waals surface area contributed by atoms with Gasteiger partial charge in [-0.25, -0.2) is 0 Å². The number of ether oxygens (including phenoxy) is 4. The summed E-state index contributed by atoms with van der Waals surface area (Å²) in [5.74, 6) is 2.49. The number of pyridine rings is 1. The largest absolute Gasteiger partial charge is 0.493 e. The van der Waals surface area contributed by atoms with Gasteiger partial charge in [0, 0.05) is 31.0 Å². The van der Waals surface area contributed by atoms with Crippen molar-refractivity contribution in [1.82, 2.24) is 9.88 Å². The highest BCUT2D eigenvalue weighted by molar-refractivity contribution is 6.15. The van der Waals surface area contributed by atoms with Crippen LogP contribution in [0.4, 0.5) is 0 Å². The zero-order valence-electron chi connectivity index (χ0n) is 17.8. The molecule has 0 atom stereocenters. The standard InChI is InChI=1S/C25H22N2O5/c1-29-21-7-3-6-17(24(21)30-2)11-22-23(28)18-8-9-20-19(25(18)32-22)14-27(15-31-20)13-16-5-4-10-26-12-16/h3-12H,13-15H2,1-2H3/b22-11-. The van der Waals surface area contributed by atoms with E-state index in [0.717, 1.165) is 16.9 Å². The minimum absolute atomic E-state index is 0.169. The SMILES string of the molecule is COc1cccc(/C=C2\Oc3c(ccc4c3CN(Cc3cccnc3)CO4)C2=O)c1OC. The summed E-state index contributed by atoms with van der Waals surface area (Å²) in [6.45, 7) is 1.75. The molecular weight excluding hydrogens is 408 g/mol. The molecule has 5 rings (SSSR count). The highest BCUT2D eigenvalue weighted by atomic mass is 16.5. The lowest BCUT2D eigenvalue weighted by Gasteiger charge is -2.29. The summed E-state index contributed by atoms with van der Waals surface area (Å²) in [6.07, 6.45) is 5.28. The molecular formula is C25H22N2O5. The van der Waals surface area contributed by atoms with Crippen LogP contribution in [0.25, 0.3) is 6.08 Å². The fraction of sp³-hybridized carbons (Fsp3) is 0.200. The molecule has 1 aromatic heterocycles. The number of methoxy groups -OCH3 is 2. The van der Waals surface area contributed by atoms with Gasteiger partial charge >= 0.3 is 0 Å². The van der Waals surface area contributed by atoms with E-state index in [2.05, 4.69) is 9.88 Å². The Morgan fingerprint density at radius 3 is 2.81 bits per heavy atom. The van der Waals surface area contributed by atoms with Gasteiger partial charge in [0.1, 0.15) is 18.2 Å². The zero-order chi connectivity index (χ0) is 22.1. The monoisotopic (exact) mass is 430 g/mol. The molecule has 0 bridgehead atoms. The van der Waals surface area contributed by atoms with Crippen LogP contribution in [0.15, 0.2) is 60.6 Å². The Hall–Kier alpha value is -3.84. The molecule has 7 nitrogen and oxygen atoms in total. The molecule has 2 aromatic carbocycles. The maximum atomic E-state index is 13.1. The fourth-order valence-electron chi connectivity index (χ4n) is 4.02. The Kier molecular flexibility index (Phi) is 5.25. The van der Waals surface area contributed by atoms with Crippen molar-refractivity contribution in [2.24, 2.45) is 0 Å². The lowest BCUT2D eigenvalue weighted by molar-refractivity contribution is 0.0872. The van der Waals surface area contributed by atoms with Gasteiger partial charge in [0.05, 0.1) is 25.3 Å². The number of hydrogen-bond donors (Lipinski definition) is 0. The van der Waals surface area contributed by atoms with Crippen molar-refractivity contribution >= 4 is 11.9 Å². The summed E-state index contributed by atoms with van der Waals surface area (Å²) in [5.41, 5.74) is 3.19. The van der Waals surface area contributed by atoms with Crippen LogP contribution in [0.1, 0.15) is 27.0 Å². The molecule has 0 aliphatic carbocycles. The maximum absolute atomic E-state index is 13.1. The van der Waals surface area contributed by atoms with Crippen LogP contribution in [0.5, 0.6) is 23.0 Å². The third-order valence-electron chi connectivity index (χ3n) is 5.53. The first-order valence-electron chi connectivity index (χ1n) is 10.2. The third-order valence-corrected chi connectivity index (χ3v) is 5.53. The number of carbonyl (C=O) groups excluding carboxylic acids is 1. The van der Waals surface area contributed by atoms with E-state index < -0.39 is 0 Å². The molecule has 3 heterocycles. The van der Waals surface area contributed by atoms with Crippen molar-refractivity contribution in [2.45, 2.75) is 13.1 Å². The molecule has 0 unspecified atom stereocenters. The van der Waals surface area contributed by atoms with E-state index in [1.165, 1.54) is 0 Å². The molecule has 0 spiro atoms. The van der Waals surface area contributed by atoms with Crippen molar-refractivity contribution in [3.63, 3.8) is 0 Å². The highest BCUT2D eigenvalue weighted by Gasteiger charge is 2.34. The minimum Gasteiger partial charge on any atom is -0.493 e. The summed E-state index contributed by atoms with van der Waals surface area (Å²) in [4.78, 5) is 19.4. The quantitative estimate of drug-likeness (QED) is 0.565. The van der Waals surface area contributed by atoms with Crippen LogP contribution in [-0.4, -0.2) is 36.6 Å². The predicted molar refractivity (Wildman–Crippen MR) is 118 cm³/mol. The van der Waals surface area contributed by atoms with E-state index in [9.17, 15) is 4.79 Å². The molecule has 7 heteroatoms. The van der Waals surface area contributed by atoms with Gasteiger partial charge in [-0.15, -0.1) is 0 Å². The summed E-state index contributed by atoms with van der Waals surface area (Å²) < 4.78 is 22.9. The van der Waals surface area contributed by atoms with Crippen molar-refractivity contribution < 1.29 is 23.7 Å². The normalized spacial score (nSPS) is 16.2. The van der Waals surface area contributed by atoms with Crippen molar-refractivity contribution in [3.8, 4) is 23.0 Å². The second kappa shape index (κ2) is 8.36. The van der Waals surface area contributed by atoms with Gasteiger partial charge in [-0.1, -0.05) is 18.2 Å². The number of nitrogens with zero attached hydrogens (tertiary/aromatic N) is 2. The van der Waals surface area contributed by atoms with E-state index in [0.29, 0.717) is 48.2 Å². The van der Waals surface area contributed by atoms with Gasteiger partial charge in [-0.2, -0.15) is 0 Å². The number of hydrogen-bond acceptors (Lipinski definition) is 7. The van der Waals surface area contributed by atoms with E-state index in [4.69, 9.17) is 18.9 Å². The average Bonchev–Trinajstić information content (AvgIpc) is 3.15.